The number of ether oxygens (including phenoxy) is 1. The summed E-state index contributed by atoms with van der Waals surface area (Å²) in [6, 6.07) is 5.70. The van der Waals surface area contributed by atoms with Gasteiger partial charge in [-0.05, 0) is 31.0 Å². The van der Waals surface area contributed by atoms with E-state index in [-0.39, 0.29) is 5.84 Å². The number of nitrogens with zero attached hydrogens (tertiary/aromatic N) is 1. The molecule has 18 heavy (non-hydrogen) atoms. The van der Waals surface area contributed by atoms with Gasteiger partial charge in [0.05, 0.1) is 6.10 Å². The van der Waals surface area contributed by atoms with Crippen LogP contribution in [0.4, 0.5) is 0 Å². The maximum atomic E-state index is 8.78. The van der Waals surface area contributed by atoms with Crippen LogP contribution in [0, 0.1) is 0 Å². The molecule has 1 fully saturated rings. The topological polar surface area (TPSA) is 67.8 Å². The van der Waals surface area contributed by atoms with Crippen LogP contribution in [-0.4, -0.2) is 29.5 Å². The quantitative estimate of drug-likeness (QED) is 0.293. The highest BCUT2D eigenvalue weighted by Crippen LogP contribution is 2.29. The Morgan fingerprint density at radius 1 is 1.61 bits per heavy atom. The zero-order chi connectivity index (χ0) is 13.0. The van der Waals surface area contributed by atoms with E-state index in [4.69, 9.17) is 15.7 Å². The molecule has 0 saturated carbocycles. The number of halogens is 1. The molecule has 1 heterocycles. The van der Waals surface area contributed by atoms with Crippen LogP contribution in [0.25, 0.3) is 0 Å². The summed E-state index contributed by atoms with van der Waals surface area (Å²) in [5.41, 5.74) is 6.42. The van der Waals surface area contributed by atoms with Crippen molar-refractivity contribution in [1.29, 1.82) is 0 Å². The summed E-state index contributed by atoms with van der Waals surface area (Å²) in [5.74, 6) is 1.03. The Morgan fingerprint density at radius 2 is 2.44 bits per heavy atom. The first-order chi connectivity index (χ1) is 8.70. The Balaban J connectivity index is 2.11. The third-order valence-corrected chi connectivity index (χ3v) is 4.46. The van der Waals surface area contributed by atoms with E-state index < -0.39 is 0 Å². The molecule has 1 aliphatic rings. The minimum absolute atomic E-state index is 0.136. The first kappa shape index (κ1) is 13.7. The first-order valence-electron chi connectivity index (χ1n) is 5.72. The molecule has 4 nitrogen and oxygen atoms in total. The lowest BCUT2D eigenvalue weighted by atomic mass is 10.2. The average molecular weight is 331 g/mol. The lowest BCUT2D eigenvalue weighted by Crippen LogP contribution is -2.15. The van der Waals surface area contributed by atoms with Crippen LogP contribution in [0.3, 0.4) is 0 Å². The SMILES string of the molecule is N/C(=N/O)c1ccc(Br)cc1SCC1CCCO1. The maximum absolute atomic E-state index is 8.78. The van der Waals surface area contributed by atoms with Gasteiger partial charge in [-0.2, -0.15) is 0 Å². The van der Waals surface area contributed by atoms with Crippen molar-refractivity contribution in [3.05, 3.63) is 28.2 Å². The molecule has 1 aliphatic heterocycles. The molecule has 1 unspecified atom stereocenters. The number of thioether (sulfide) groups is 1. The van der Waals surface area contributed by atoms with E-state index in [0.29, 0.717) is 6.10 Å². The average Bonchev–Trinajstić information content (AvgIpc) is 2.88. The Morgan fingerprint density at radius 3 is 3.11 bits per heavy atom. The van der Waals surface area contributed by atoms with E-state index in [1.54, 1.807) is 11.8 Å². The van der Waals surface area contributed by atoms with Gasteiger partial charge in [0, 0.05) is 27.3 Å². The first-order valence-corrected chi connectivity index (χ1v) is 7.50. The van der Waals surface area contributed by atoms with Gasteiger partial charge < -0.3 is 15.7 Å². The van der Waals surface area contributed by atoms with Crippen molar-refractivity contribution < 1.29 is 9.94 Å². The molecule has 2 rings (SSSR count). The van der Waals surface area contributed by atoms with Crippen molar-refractivity contribution in [1.82, 2.24) is 0 Å². The normalized spacial score (nSPS) is 20.3. The van der Waals surface area contributed by atoms with Crippen LogP contribution < -0.4 is 5.73 Å². The van der Waals surface area contributed by atoms with Crippen molar-refractivity contribution >= 4 is 33.5 Å². The molecule has 0 aliphatic carbocycles. The van der Waals surface area contributed by atoms with Gasteiger partial charge in [-0.1, -0.05) is 21.1 Å². The predicted molar refractivity (Wildman–Crippen MR) is 76.4 cm³/mol. The molecule has 1 aromatic rings. The van der Waals surface area contributed by atoms with Gasteiger partial charge in [0.25, 0.3) is 0 Å². The van der Waals surface area contributed by atoms with Crippen LogP contribution in [0.15, 0.2) is 32.7 Å². The van der Waals surface area contributed by atoms with Gasteiger partial charge in [0.15, 0.2) is 5.84 Å². The van der Waals surface area contributed by atoms with Gasteiger partial charge in [-0.3, -0.25) is 0 Å². The Hall–Kier alpha value is -0.720. The molecular weight excluding hydrogens is 316 g/mol. The zero-order valence-electron chi connectivity index (χ0n) is 9.80. The number of hydrogen-bond acceptors (Lipinski definition) is 4. The fourth-order valence-electron chi connectivity index (χ4n) is 1.84. The lowest BCUT2D eigenvalue weighted by Gasteiger charge is -2.12. The third-order valence-electron chi connectivity index (χ3n) is 2.78. The summed E-state index contributed by atoms with van der Waals surface area (Å²) in [6.45, 7) is 0.858. The van der Waals surface area contributed by atoms with E-state index in [9.17, 15) is 0 Å². The van der Waals surface area contributed by atoms with Crippen LogP contribution in [-0.2, 0) is 4.74 Å². The summed E-state index contributed by atoms with van der Waals surface area (Å²) in [5, 5.41) is 11.8. The van der Waals surface area contributed by atoms with Gasteiger partial charge in [-0.15, -0.1) is 11.8 Å². The summed E-state index contributed by atoms with van der Waals surface area (Å²) >= 11 is 5.11. The van der Waals surface area contributed by atoms with E-state index in [1.165, 1.54) is 0 Å². The minimum Gasteiger partial charge on any atom is -0.409 e. The van der Waals surface area contributed by atoms with Crippen molar-refractivity contribution in [3.8, 4) is 0 Å². The molecule has 0 spiro atoms. The number of hydrogen-bond donors (Lipinski definition) is 2. The number of rotatable bonds is 4. The smallest absolute Gasteiger partial charge is 0.171 e. The van der Waals surface area contributed by atoms with Crippen LogP contribution in [0.5, 0.6) is 0 Å². The fraction of sp³-hybridized carbons (Fsp3) is 0.417. The molecule has 1 saturated heterocycles. The van der Waals surface area contributed by atoms with Crippen molar-refractivity contribution in [3.63, 3.8) is 0 Å². The maximum Gasteiger partial charge on any atom is 0.171 e. The lowest BCUT2D eigenvalue weighted by molar-refractivity contribution is 0.129. The number of nitrogens with two attached hydrogens (primary N) is 1. The molecular formula is C12H15BrN2O2S. The molecule has 3 N–H and O–H groups in total. The Bertz CT molecular complexity index is 448. The Labute approximate surface area is 119 Å². The minimum atomic E-state index is 0.136. The van der Waals surface area contributed by atoms with E-state index in [2.05, 4.69) is 21.1 Å². The fourth-order valence-corrected chi connectivity index (χ4v) is 3.52. The molecule has 6 heteroatoms. The monoisotopic (exact) mass is 330 g/mol. The summed E-state index contributed by atoms with van der Waals surface area (Å²) in [7, 11) is 0. The number of amidine groups is 1. The van der Waals surface area contributed by atoms with Crippen LogP contribution in [0.1, 0.15) is 18.4 Å². The summed E-state index contributed by atoms with van der Waals surface area (Å²) < 4.78 is 6.57. The molecule has 1 aromatic carbocycles. The van der Waals surface area contributed by atoms with Crippen LogP contribution >= 0.6 is 27.7 Å². The molecule has 0 radical (unpaired) electrons. The van der Waals surface area contributed by atoms with Crippen molar-refractivity contribution in [2.75, 3.05) is 12.4 Å². The van der Waals surface area contributed by atoms with E-state index in [1.807, 2.05) is 18.2 Å². The second-order valence-electron chi connectivity index (χ2n) is 4.07. The highest BCUT2D eigenvalue weighted by Gasteiger charge is 2.17. The van der Waals surface area contributed by atoms with Gasteiger partial charge in [0.2, 0.25) is 0 Å². The van der Waals surface area contributed by atoms with Crippen LogP contribution in [0.2, 0.25) is 0 Å². The second-order valence-corrected chi connectivity index (χ2v) is 6.05. The van der Waals surface area contributed by atoms with Crippen molar-refractivity contribution in [2.24, 2.45) is 10.9 Å². The molecule has 0 bridgehead atoms. The van der Waals surface area contributed by atoms with Gasteiger partial charge in [-0.25, -0.2) is 0 Å². The predicted octanol–water partition coefficient (Wildman–Crippen LogP) is 2.81. The largest absolute Gasteiger partial charge is 0.409 e. The molecule has 0 aromatic heterocycles. The van der Waals surface area contributed by atoms with Crippen molar-refractivity contribution in [2.45, 2.75) is 23.8 Å². The standard InChI is InChI=1S/C12H15BrN2O2S/c13-8-3-4-10(12(14)15-16)11(6-8)18-7-9-2-1-5-17-9/h3-4,6,9,16H,1-2,5,7H2,(H2,14,15). The second kappa shape index (κ2) is 6.45. The Kier molecular flexibility index (Phi) is 4.91. The van der Waals surface area contributed by atoms with Gasteiger partial charge >= 0.3 is 0 Å². The highest BCUT2D eigenvalue weighted by molar-refractivity contribution is 9.10. The van der Waals surface area contributed by atoms with Gasteiger partial charge in [0.1, 0.15) is 0 Å². The number of benzene rings is 1. The van der Waals surface area contributed by atoms with E-state index in [0.717, 1.165) is 40.1 Å². The van der Waals surface area contributed by atoms with E-state index >= 15 is 0 Å². The zero-order valence-corrected chi connectivity index (χ0v) is 12.2. The molecule has 1 atom stereocenters. The molecule has 98 valence electrons. The summed E-state index contributed by atoms with van der Waals surface area (Å²) in [4.78, 5) is 0.996. The molecule has 0 amide bonds. The summed E-state index contributed by atoms with van der Waals surface area (Å²) in [6.07, 6.45) is 2.56. The number of oxime groups is 1. The highest BCUT2D eigenvalue weighted by atomic mass is 79.9. The third kappa shape index (κ3) is 3.40.